The summed E-state index contributed by atoms with van der Waals surface area (Å²) in [6, 6.07) is 9.28. The van der Waals surface area contributed by atoms with Crippen molar-refractivity contribution in [3.8, 4) is 0 Å². The van der Waals surface area contributed by atoms with Crippen LogP contribution in [-0.4, -0.2) is 50.9 Å². The van der Waals surface area contributed by atoms with Gasteiger partial charge in [0.05, 0.1) is 4.90 Å². The summed E-state index contributed by atoms with van der Waals surface area (Å²) in [7, 11) is -3.36. The van der Waals surface area contributed by atoms with E-state index in [1.807, 2.05) is 6.07 Å². The van der Waals surface area contributed by atoms with Crippen LogP contribution in [0, 0.1) is 5.92 Å². The van der Waals surface area contributed by atoms with Crippen LogP contribution >= 0.6 is 0 Å². The first-order valence-electron chi connectivity index (χ1n) is 9.19. The summed E-state index contributed by atoms with van der Waals surface area (Å²) in [6.07, 6.45) is 4.16. The second-order valence-corrected chi connectivity index (χ2v) is 8.74. The monoisotopic (exact) mass is 364 g/mol. The summed E-state index contributed by atoms with van der Waals surface area (Å²) >= 11 is 0. The third kappa shape index (κ3) is 4.95. The largest absolute Gasteiger partial charge is 0.357 e. The Morgan fingerprint density at radius 3 is 2.44 bits per heavy atom. The van der Waals surface area contributed by atoms with E-state index in [0.29, 0.717) is 29.9 Å². The number of nitrogens with zero attached hydrogens (tertiary/aromatic N) is 2. The highest BCUT2D eigenvalue weighted by Crippen LogP contribution is 2.24. The molecule has 1 aromatic carbocycles. The van der Waals surface area contributed by atoms with Gasteiger partial charge in [-0.3, -0.25) is 4.99 Å². The molecule has 0 aromatic heterocycles. The van der Waals surface area contributed by atoms with Gasteiger partial charge in [0.15, 0.2) is 5.96 Å². The molecule has 1 aliphatic carbocycles. The Morgan fingerprint density at radius 2 is 1.84 bits per heavy atom. The summed E-state index contributed by atoms with van der Waals surface area (Å²) in [5.74, 6) is 1.33. The minimum atomic E-state index is -3.36. The standard InChI is InChI=1S/C18H28N4O2S/c1-2-19-18(21-16-8-9-16)20-14-15-10-12-22(13-11-15)25(23,24)17-6-4-3-5-7-17/h3-7,15-16H,2,8-14H2,1H3,(H2,19,20,21). The van der Waals surface area contributed by atoms with Crippen molar-refractivity contribution in [1.82, 2.24) is 14.9 Å². The highest BCUT2D eigenvalue weighted by atomic mass is 32.2. The topological polar surface area (TPSA) is 73.8 Å². The minimum Gasteiger partial charge on any atom is -0.357 e. The van der Waals surface area contributed by atoms with Crippen LogP contribution in [0.2, 0.25) is 0 Å². The number of rotatable bonds is 6. The van der Waals surface area contributed by atoms with Crippen molar-refractivity contribution < 1.29 is 8.42 Å². The minimum absolute atomic E-state index is 0.384. The Hall–Kier alpha value is -1.60. The zero-order valence-electron chi connectivity index (χ0n) is 14.8. The number of sulfonamides is 1. The van der Waals surface area contributed by atoms with Crippen molar-refractivity contribution >= 4 is 16.0 Å². The lowest BCUT2D eigenvalue weighted by Gasteiger charge is -2.30. The van der Waals surface area contributed by atoms with Gasteiger partial charge in [0.25, 0.3) is 0 Å². The summed E-state index contributed by atoms with van der Waals surface area (Å²) in [5, 5.41) is 6.70. The van der Waals surface area contributed by atoms with Crippen molar-refractivity contribution in [3.05, 3.63) is 30.3 Å². The second-order valence-electron chi connectivity index (χ2n) is 6.80. The van der Waals surface area contributed by atoms with Crippen LogP contribution in [0.3, 0.4) is 0 Å². The first-order chi connectivity index (χ1) is 12.1. The second kappa shape index (κ2) is 8.19. The van der Waals surface area contributed by atoms with Gasteiger partial charge in [-0.15, -0.1) is 0 Å². The van der Waals surface area contributed by atoms with E-state index in [1.54, 1.807) is 28.6 Å². The molecule has 0 amide bonds. The fraction of sp³-hybridized carbons (Fsp3) is 0.611. The Kier molecular flexibility index (Phi) is 5.96. The van der Waals surface area contributed by atoms with Gasteiger partial charge in [-0.05, 0) is 50.7 Å². The maximum atomic E-state index is 12.7. The molecule has 1 heterocycles. The molecule has 0 radical (unpaired) electrons. The molecule has 2 aliphatic rings. The number of guanidine groups is 1. The van der Waals surface area contributed by atoms with Crippen LogP contribution in [0.15, 0.2) is 40.2 Å². The normalized spacial score (nSPS) is 20.4. The fourth-order valence-corrected chi connectivity index (χ4v) is 4.53. The third-order valence-corrected chi connectivity index (χ3v) is 6.64. The molecule has 3 rings (SSSR count). The number of piperidine rings is 1. The summed E-state index contributed by atoms with van der Waals surface area (Å²) < 4.78 is 26.9. The SMILES string of the molecule is CCNC(=NCC1CCN(S(=O)(=O)c2ccccc2)CC1)NC1CC1. The fourth-order valence-electron chi connectivity index (χ4n) is 3.04. The smallest absolute Gasteiger partial charge is 0.243 e. The Morgan fingerprint density at radius 1 is 1.16 bits per heavy atom. The number of hydrogen-bond donors (Lipinski definition) is 2. The highest BCUT2D eigenvalue weighted by Gasteiger charge is 2.29. The summed E-state index contributed by atoms with van der Waals surface area (Å²) in [6.45, 7) is 4.82. The highest BCUT2D eigenvalue weighted by molar-refractivity contribution is 7.89. The zero-order valence-corrected chi connectivity index (χ0v) is 15.6. The molecular weight excluding hydrogens is 336 g/mol. The van der Waals surface area contributed by atoms with E-state index in [2.05, 4.69) is 22.5 Å². The van der Waals surface area contributed by atoms with Gasteiger partial charge >= 0.3 is 0 Å². The van der Waals surface area contributed by atoms with E-state index in [4.69, 9.17) is 0 Å². The average Bonchev–Trinajstić information content (AvgIpc) is 3.45. The zero-order chi connectivity index (χ0) is 17.7. The average molecular weight is 365 g/mol. The molecule has 138 valence electrons. The van der Waals surface area contributed by atoms with E-state index < -0.39 is 10.0 Å². The lowest BCUT2D eigenvalue weighted by Crippen LogP contribution is -2.40. The maximum absolute atomic E-state index is 12.7. The van der Waals surface area contributed by atoms with Crippen LogP contribution in [0.1, 0.15) is 32.6 Å². The molecule has 1 saturated heterocycles. The molecule has 7 heteroatoms. The van der Waals surface area contributed by atoms with Crippen molar-refractivity contribution in [2.24, 2.45) is 10.9 Å². The summed E-state index contributed by atoms with van der Waals surface area (Å²) in [5.41, 5.74) is 0. The Balaban J connectivity index is 1.53. The number of hydrogen-bond acceptors (Lipinski definition) is 3. The molecule has 2 N–H and O–H groups in total. The van der Waals surface area contributed by atoms with Gasteiger partial charge in [0.1, 0.15) is 0 Å². The molecule has 0 atom stereocenters. The number of benzene rings is 1. The molecule has 2 fully saturated rings. The van der Waals surface area contributed by atoms with Crippen LogP contribution in [0.4, 0.5) is 0 Å². The van der Waals surface area contributed by atoms with Gasteiger partial charge < -0.3 is 10.6 Å². The summed E-state index contributed by atoms with van der Waals surface area (Å²) in [4.78, 5) is 5.07. The molecule has 1 saturated carbocycles. The lowest BCUT2D eigenvalue weighted by molar-refractivity contribution is 0.278. The van der Waals surface area contributed by atoms with Crippen LogP contribution in [0.25, 0.3) is 0 Å². The third-order valence-electron chi connectivity index (χ3n) is 4.72. The molecule has 1 aliphatic heterocycles. The van der Waals surface area contributed by atoms with E-state index in [9.17, 15) is 8.42 Å². The molecule has 0 spiro atoms. The number of nitrogens with one attached hydrogen (secondary N) is 2. The lowest BCUT2D eigenvalue weighted by atomic mass is 9.98. The van der Waals surface area contributed by atoms with E-state index in [0.717, 1.165) is 31.9 Å². The van der Waals surface area contributed by atoms with Gasteiger partial charge in [0, 0.05) is 32.2 Å². The van der Waals surface area contributed by atoms with Crippen LogP contribution in [0.5, 0.6) is 0 Å². The molecule has 25 heavy (non-hydrogen) atoms. The van der Waals surface area contributed by atoms with Gasteiger partial charge in [-0.25, -0.2) is 8.42 Å². The number of aliphatic imine (C=N–C) groups is 1. The van der Waals surface area contributed by atoms with Crippen molar-refractivity contribution in [2.45, 2.75) is 43.5 Å². The maximum Gasteiger partial charge on any atom is 0.243 e. The molecule has 0 bridgehead atoms. The van der Waals surface area contributed by atoms with E-state index >= 15 is 0 Å². The van der Waals surface area contributed by atoms with Gasteiger partial charge in [0.2, 0.25) is 10.0 Å². The molecule has 0 unspecified atom stereocenters. The molecule has 1 aromatic rings. The van der Waals surface area contributed by atoms with Crippen molar-refractivity contribution in [3.63, 3.8) is 0 Å². The van der Waals surface area contributed by atoms with Crippen molar-refractivity contribution in [2.75, 3.05) is 26.2 Å². The molecular formula is C18H28N4O2S. The Labute approximate surface area is 150 Å². The molecule has 6 nitrogen and oxygen atoms in total. The predicted octanol–water partition coefficient (Wildman–Crippen LogP) is 1.80. The van der Waals surface area contributed by atoms with Crippen molar-refractivity contribution in [1.29, 1.82) is 0 Å². The van der Waals surface area contributed by atoms with Crippen LogP contribution < -0.4 is 10.6 Å². The Bertz CT molecular complexity index is 678. The quantitative estimate of drug-likeness (QED) is 0.596. The van der Waals surface area contributed by atoms with E-state index in [-0.39, 0.29) is 0 Å². The first kappa shape index (κ1) is 18.2. The van der Waals surface area contributed by atoms with Gasteiger partial charge in [-0.2, -0.15) is 4.31 Å². The first-order valence-corrected chi connectivity index (χ1v) is 10.6. The van der Waals surface area contributed by atoms with Gasteiger partial charge in [-0.1, -0.05) is 18.2 Å². The van der Waals surface area contributed by atoms with Crippen LogP contribution in [-0.2, 0) is 10.0 Å². The van der Waals surface area contributed by atoms with E-state index in [1.165, 1.54) is 12.8 Å². The predicted molar refractivity (Wildman–Crippen MR) is 100 cm³/mol.